The van der Waals surface area contributed by atoms with E-state index in [0.717, 1.165) is 12.8 Å². The van der Waals surface area contributed by atoms with Gasteiger partial charge in [-0.1, -0.05) is 127 Å². The van der Waals surface area contributed by atoms with Crippen molar-refractivity contribution in [3.63, 3.8) is 0 Å². The number of hydrogen-bond donors (Lipinski definition) is 0. The Morgan fingerprint density at radius 3 is 1.26 bits per heavy atom. The molecule has 2 aromatic rings. The average molecular weight is 363 g/mol. The molecule has 0 nitrogen and oxygen atoms in total. The molecule has 0 atom stereocenters. The fraction of sp³-hybridized carbons (Fsp3) is 0.407. The molecule has 0 N–H and O–H groups in total. The Kier molecular flexibility index (Phi) is 10.5. The Morgan fingerprint density at radius 2 is 0.926 bits per heavy atom. The molecular weight excluding hydrogens is 324 g/mol. The average Bonchev–Trinajstić information content (AvgIpc) is 2.97. The van der Waals surface area contributed by atoms with E-state index in [1.807, 2.05) is 0 Å². The molecule has 27 heavy (non-hydrogen) atoms. The van der Waals surface area contributed by atoms with Crippen LogP contribution in [0.3, 0.4) is 0 Å². The van der Waals surface area contributed by atoms with E-state index in [1.165, 1.54) is 35.1 Å². The van der Waals surface area contributed by atoms with E-state index < -0.39 is 0 Å². The second kappa shape index (κ2) is 12.3. The highest BCUT2D eigenvalue weighted by Crippen LogP contribution is 2.50. The van der Waals surface area contributed by atoms with Gasteiger partial charge in [-0.25, -0.2) is 0 Å². The Balaban J connectivity index is 0.000000540. The van der Waals surface area contributed by atoms with Crippen molar-refractivity contribution in [3.8, 4) is 11.1 Å². The second-order valence-electron chi connectivity index (χ2n) is 7.00. The van der Waals surface area contributed by atoms with Crippen molar-refractivity contribution in [2.75, 3.05) is 0 Å². The van der Waals surface area contributed by atoms with E-state index in [1.54, 1.807) is 0 Å². The Hall–Kier alpha value is -2.08. The van der Waals surface area contributed by atoms with Gasteiger partial charge in [-0.15, -0.1) is 0 Å². The second-order valence-corrected chi connectivity index (χ2v) is 7.00. The third-order valence-corrected chi connectivity index (χ3v) is 4.27. The van der Waals surface area contributed by atoms with Gasteiger partial charge in [-0.3, -0.25) is 0 Å². The molecule has 0 fully saturated rings. The zero-order valence-corrected chi connectivity index (χ0v) is 18.3. The summed E-state index contributed by atoms with van der Waals surface area (Å²) in [6, 6.07) is 17.6. The minimum atomic E-state index is -0.0980. The lowest BCUT2D eigenvalue weighted by Crippen LogP contribution is -2.19. The summed E-state index contributed by atoms with van der Waals surface area (Å²) in [4.78, 5) is 0. The van der Waals surface area contributed by atoms with Crippen LogP contribution in [0.4, 0.5) is 0 Å². The maximum Gasteiger partial charge on any atom is 0.0574 e. The van der Waals surface area contributed by atoms with Gasteiger partial charge in [0.25, 0.3) is 0 Å². The fourth-order valence-electron chi connectivity index (χ4n) is 3.32. The van der Waals surface area contributed by atoms with E-state index in [0.29, 0.717) is 0 Å². The molecular formula is C27H38. The number of fused-ring (bicyclic) bond motifs is 3. The van der Waals surface area contributed by atoms with Gasteiger partial charge in [0.05, 0.1) is 5.41 Å². The summed E-state index contributed by atoms with van der Waals surface area (Å²) >= 11 is 0. The minimum absolute atomic E-state index is 0.0980. The van der Waals surface area contributed by atoms with Crippen LogP contribution in [-0.4, -0.2) is 0 Å². The predicted molar refractivity (Wildman–Crippen MR) is 123 cm³/mol. The SMILES string of the molecule is CCC.CCC.CCC=CC1(C=CCC)c2ccccc2-c2ccccc21. The summed E-state index contributed by atoms with van der Waals surface area (Å²) in [5.74, 6) is 0. The zero-order chi connectivity index (χ0) is 20.1. The van der Waals surface area contributed by atoms with Crippen LogP contribution >= 0.6 is 0 Å². The highest BCUT2D eigenvalue weighted by atomic mass is 14.4. The molecule has 2 aromatic carbocycles. The van der Waals surface area contributed by atoms with E-state index in [2.05, 4.69) is 114 Å². The first-order valence-electron chi connectivity index (χ1n) is 10.7. The van der Waals surface area contributed by atoms with E-state index in [-0.39, 0.29) is 5.41 Å². The van der Waals surface area contributed by atoms with Crippen molar-refractivity contribution in [2.24, 2.45) is 0 Å². The van der Waals surface area contributed by atoms with Gasteiger partial charge in [-0.2, -0.15) is 0 Å². The molecule has 0 amide bonds. The van der Waals surface area contributed by atoms with Crippen LogP contribution in [0.2, 0.25) is 0 Å². The standard InChI is InChI=1S/C21H22.2C3H8/c1-3-5-15-21(16-6-4-2)19-13-9-7-11-17(19)18-12-8-10-14-20(18)21;2*1-3-2/h5-16H,3-4H2,1-2H3;2*3H2,1-2H3. The Bertz CT molecular complexity index is 655. The molecule has 0 saturated carbocycles. The monoisotopic (exact) mass is 362 g/mol. The lowest BCUT2D eigenvalue weighted by molar-refractivity contribution is 0.832. The first-order chi connectivity index (χ1) is 13.2. The molecule has 0 heteroatoms. The molecule has 1 aliphatic carbocycles. The molecule has 0 saturated heterocycles. The summed E-state index contributed by atoms with van der Waals surface area (Å²) in [5.41, 5.74) is 5.45. The molecule has 0 radical (unpaired) electrons. The summed E-state index contributed by atoms with van der Waals surface area (Å²) in [6.07, 6.45) is 14.0. The molecule has 0 unspecified atom stereocenters. The molecule has 0 bridgehead atoms. The van der Waals surface area contributed by atoms with Crippen LogP contribution in [0.25, 0.3) is 11.1 Å². The molecule has 3 rings (SSSR count). The van der Waals surface area contributed by atoms with E-state index in [4.69, 9.17) is 0 Å². The van der Waals surface area contributed by atoms with Gasteiger partial charge in [-0.05, 0) is 35.1 Å². The molecule has 0 spiro atoms. The number of benzene rings is 2. The molecule has 0 heterocycles. The largest absolute Gasteiger partial charge is 0.0873 e. The van der Waals surface area contributed by atoms with Crippen LogP contribution in [0.15, 0.2) is 72.8 Å². The van der Waals surface area contributed by atoms with Gasteiger partial charge in [0.1, 0.15) is 0 Å². The molecule has 1 aliphatic rings. The van der Waals surface area contributed by atoms with Crippen LogP contribution in [-0.2, 0) is 5.41 Å². The summed E-state index contributed by atoms with van der Waals surface area (Å²) in [5, 5.41) is 0. The highest BCUT2D eigenvalue weighted by molar-refractivity contribution is 5.83. The van der Waals surface area contributed by atoms with E-state index >= 15 is 0 Å². The Morgan fingerprint density at radius 1 is 0.593 bits per heavy atom. The molecule has 0 aliphatic heterocycles. The molecule has 0 aromatic heterocycles. The van der Waals surface area contributed by atoms with Crippen molar-refractivity contribution in [3.05, 3.63) is 84.0 Å². The number of rotatable bonds is 4. The minimum Gasteiger partial charge on any atom is -0.0873 e. The summed E-state index contributed by atoms with van der Waals surface area (Å²) in [7, 11) is 0. The number of hydrogen-bond acceptors (Lipinski definition) is 0. The third kappa shape index (κ3) is 5.45. The van der Waals surface area contributed by atoms with Crippen molar-refractivity contribution >= 4 is 0 Å². The van der Waals surface area contributed by atoms with Crippen molar-refractivity contribution < 1.29 is 0 Å². The predicted octanol–water partition coefficient (Wildman–Crippen LogP) is 8.72. The van der Waals surface area contributed by atoms with Gasteiger partial charge in [0, 0.05) is 0 Å². The maximum atomic E-state index is 2.38. The van der Waals surface area contributed by atoms with Crippen LogP contribution in [0.5, 0.6) is 0 Å². The summed E-state index contributed by atoms with van der Waals surface area (Å²) < 4.78 is 0. The topological polar surface area (TPSA) is 0 Å². The van der Waals surface area contributed by atoms with Crippen LogP contribution < -0.4 is 0 Å². The quantitative estimate of drug-likeness (QED) is 0.477. The lowest BCUT2D eigenvalue weighted by Gasteiger charge is -2.25. The number of allylic oxidation sites excluding steroid dienone is 4. The summed E-state index contributed by atoms with van der Waals surface area (Å²) in [6.45, 7) is 12.9. The van der Waals surface area contributed by atoms with Crippen molar-refractivity contribution in [2.45, 2.75) is 72.6 Å². The van der Waals surface area contributed by atoms with Gasteiger partial charge in [0.2, 0.25) is 0 Å². The third-order valence-electron chi connectivity index (χ3n) is 4.27. The normalized spacial score (nSPS) is 13.4. The lowest BCUT2D eigenvalue weighted by atomic mass is 9.77. The Labute approximate surface area is 168 Å². The highest BCUT2D eigenvalue weighted by Gasteiger charge is 2.38. The first-order valence-corrected chi connectivity index (χ1v) is 10.7. The smallest absolute Gasteiger partial charge is 0.0574 e. The van der Waals surface area contributed by atoms with Gasteiger partial charge in [0.15, 0.2) is 0 Å². The maximum absolute atomic E-state index is 2.38. The van der Waals surface area contributed by atoms with Crippen molar-refractivity contribution in [1.82, 2.24) is 0 Å². The van der Waals surface area contributed by atoms with Crippen molar-refractivity contribution in [1.29, 1.82) is 0 Å². The van der Waals surface area contributed by atoms with Gasteiger partial charge >= 0.3 is 0 Å². The zero-order valence-electron chi connectivity index (χ0n) is 18.3. The molecule has 146 valence electrons. The fourth-order valence-corrected chi connectivity index (χ4v) is 3.32. The van der Waals surface area contributed by atoms with Crippen LogP contribution in [0.1, 0.15) is 78.4 Å². The van der Waals surface area contributed by atoms with E-state index in [9.17, 15) is 0 Å². The van der Waals surface area contributed by atoms with Crippen LogP contribution in [0, 0.1) is 0 Å². The first kappa shape index (κ1) is 23.0. The van der Waals surface area contributed by atoms with Gasteiger partial charge < -0.3 is 0 Å².